The zero-order valence-corrected chi connectivity index (χ0v) is 8.79. The van der Waals surface area contributed by atoms with Gasteiger partial charge in [0.1, 0.15) is 5.75 Å². The van der Waals surface area contributed by atoms with E-state index >= 15 is 0 Å². The Bertz CT molecular complexity index is 305. The first-order chi connectivity index (χ1) is 6.77. The minimum Gasteiger partial charge on any atom is -0.491 e. The molecule has 0 spiro atoms. The molecule has 14 heavy (non-hydrogen) atoms. The van der Waals surface area contributed by atoms with Crippen molar-refractivity contribution in [1.82, 2.24) is 5.32 Å². The zero-order chi connectivity index (χ0) is 9.97. The van der Waals surface area contributed by atoms with Crippen LogP contribution in [0.3, 0.4) is 0 Å². The van der Waals surface area contributed by atoms with Gasteiger partial charge in [0.15, 0.2) is 0 Å². The van der Waals surface area contributed by atoms with Gasteiger partial charge in [-0.05, 0) is 32.9 Å². The summed E-state index contributed by atoms with van der Waals surface area (Å²) < 4.78 is 5.76. The molecule has 0 saturated carbocycles. The highest BCUT2D eigenvalue weighted by molar-refractivity contribution is 5.37. The van der Waals surface area contributed by atoms with E-state index in [0.29, 0.717) is 6.04 Å². The van der Waals surface area contributed by atoms with Crippen molar-refractivity contribution in [1.29, 1.82) is 0 Å². The molecule has 1 aromatic rings. The molecule has 1 fully saturated rings. The first kappa shape index (κ1) is 9.53. The lowest BCUT2D eigenvalue weighted by molar-refractivity contribution is 0.233. The van der Waals surface area contributed by atoms with Gasteiger partial charge in [0.05, 0.1) is 6.10 Å². The average Bonchev–Trinajstić information content (AvgIpc) is 2.04. The first-order valence-electron chi connectivity index (χ1n) is 5.26. The highest BCUT2D eigenvalue weighted by Gasteiger charge is 2.21. The maximum Gasteiger partial charge on any atom is 0.124 e. The molecule has 1 N–H and O–H groups in total. The third-order valence-corrected chi connectivity index (χ3v) is 2.48. The predicted molar refractivity (Wildman–Crippen MR) is 57.6 cm³/mol. The van der Waals surface area contributed by atoms with Crippen LogP contribution in [-0.2, 0) is 0 Å². The summed E-state index contributed by atoms with van der Waals surface area (Å²) in [7, 11) is 0. The van der Waals surface area contributed by atoms with Crippen LogP contribution in [0.25, 0.3) is 0 Å². The normalized spacial score (nSPS) is 20.6. The molecule has 1 aliphatic heterocycles. The average molecular weight is 191 g/mol. The van der Waals surface area contributed by atoms with E-state index in [9.17, 15) is 0 Å². The van der Waals surface area contributed by atoms with Gasteiger partial charge in [0, 0.05) is 11.6 Å². The fraction of sp³-hybridized carbons (Fsp3) is 0.500. The molecule has 0 bridgehead atoms. The fourth-order valence-corrected chi connectivity index (χ4v) is 1.68. The summed E-state index contributed by atoms with van der Waals surface area (Å²) in [4.78, 5) is 0. The Morgan fingerprint density at radius 3 is 2.64 bits per heavy atom. The summed E-state index contributed by atoms with van der Waals surface area (Å²) in [6, 6.07) is 8.80. The second-order valence-electron chi connectivity index (χ2n) is 4.00. The van der Waals surface area contributed by atoms with Crippen LogP contribution in [0.15, 0.2) is 24.3 Å². The van der Waals surface area contributed by atoms with E-state index in [-0.39, 0.29) is 6.10 Å². The van der Waals surface area contributed by atoms with Gasteiger partial charge in [-0.15, -0.1) is 0 Å². The Kier molecular flexibility index (Phi) is 2.73. The van der Waals surface area contributed by atoms with Crippen LogP contribution in [0, 0.1) is 0 Å². The van der Waals surface area contributed by atoms with E-state index in [2.05, 4.69) is 37.4 Å². The first-order valence-corrected chi connectivity index (χ1v) is 5.26. The van der Waals surface area contributed by atoms with Gasteiger partial charge in [0.25, 0.3) is 0 Å². The third-order valence-electron chi connectivity index (χ3n) is 2.48. The van der Waals surface area contributed by atoms with Crippen molar-refractivity contribution < 1.29 is 4.74 Å². The lowest BCUT2D eigenvalue weighted by Gasteiger charge is -2.29. The Balaban J connectivity index is 2.19. The van der Waals surface area contributed by atoms with Crippen molar-refractivity contribution in [2.45, 2.75) is 32.4 Å². The maximum absolute atomic E-state index is 5.76. The number of hydrogen-bond acceptors (Lipinski definition) is 2. The number of rotatable bonds is 3. The highest BCUT2D eigenvalue weighted by atomic mass is 16.5. The van der Waals surface area contributed by atoms with Crippen LogP contribution < -0.4 is 10.1 Å². The minimum absolute atomic E-state index is 0.247. The molecule has 2 heteroatoms. The van der Waals surface area contributed by atoms with E-state index in [1.54, 1.807) is 0 Å². The van der Waals surface area contributed by atoms with E-state index in [0.717, 1.165) is 12.3 Å². The maximum atomic E-state index is 5.76. The summed E-state index contributed by atoms with van der Waals surface area (Å²) in [6.07, 6.45) is 1.47. The molecule has 76 valence electrons. The summed E-state index contributed by atoms with van der Waals surface area (Å²) in [5.74, 6) is 1.03. The molecule has 2 rings (SSSR count). The van der Waals surface area contributed by atoms with Gasteiger partial charge >= 0.3 is 0 Å². The van der Waals surface area contributed by atoms with E-state index in [4.69, 9.17) is 4.74 Å². The molecule has 0 aliphatic carbocycles. The van der Waals surface area contributed by atoms with Crippen LogP contribution in [0.4, 0.5) is 0 Å². The van der Waals surface area contributed by atoms with Crippen LogP contribution in [0.1, 0.15) is 31.9 Å². The Morgan fingerprint density at radius 2 is 2.07 bits per heavy atom. The minimum atomic E-state index is 0.247. The Labute approximate surface area is 85.3 Å². The molecule has 0 aromatic heterocycles. The molecule has 1 atom stereocenters. The molecule has 0 amide bonds. The SMILES string of the molecule is CC(C)Oc1ccccc1C1CCN1. The van der Waals surface area contributed by atoms with Gasteiger partial charge < -0.3 is 10.1 Å². The van der Waals surface area contributed by atoms with Gasteiger partial charge in [-0.1, -0.05) is 18.2 Å². The number of para-hydroxylation sites is 1. The summed E-state index contributed by atoms with van der Waals surface area (Å²) >= 11 is 0. The molecule has 1 aromatic carbocycles. The monoisotopic (exact) mass is 191 g/mol. The summed E-state index contributed by atoms with van der Waals surface area (Å²) in [5, 5.41) is 3.40. The summed E-state index contributed by atoms with van der Waals surface area (Å²) in [6.45, 7) is 5.25. The van der Waals surface area contributed by atoms with Gasteiger partial charge in [0.2, 0.25) is 0 Å². The standard InChI is InChI=1S/C12H17NO/c1-9(2)14-12-6-4-3-5-10(12)11-7-8-13-11/h3-6,9,11,13H,7-8H2,1-2H3. The van der Waals surface area contributed by atoms with Crippen molar-refractivity contribution in [3.63, 3.8) is 0 Å². The van der Waals surface area contributed by atoms with Crippen LogP contribution in [0.5, 0.6) is 5.75 Å². The molecular formula is C12H17NO. The van der Waals surface area contributed by atoms with Crippen molar-refractivity contribution in [2.75, 3.05) is 6.54 Å². The van der Waals surface area contributed by atoms with Gasteiger partial charge in [-0.3, -0.25) is 0 Å². The molecule has 2 nitrogen and oxygen atoms in total. The largest absolute Gasteiger partial charge is 0.491 e. The second kappa shape index (κ2) is 4.01. The van der Waals surface area contributed by atoms with Gasteiger partial charge in [-0.2, -0.15) is 0 Å². The smallest absolute Gasteiger partial charge is 0.124 e. The summed E-state index contributed by atoms with van der Waals surface area (Å²) in [5.41, 5.74) is 1.30. The highest BCUT2D eigenvalue weighted by Crippen LogP contribution is 2.31. The van der Waals surface area contributed by atoms with Crippen molar-refractivity contribution in [2.24, 2.45) is 0 Å². The van der Waals surface area contributed by atoms with Crippen molar-refractivity contribution in [3.8, 4) is 5.75 Å². The fourth-order valence-electron chi connectivity index (χ4n) is 1.68. The number of ether oxygens (including phenoxy) is 1. The van der Waals surface area contributed by atoms with Gasteiger partial charge in [-0.25, -0.2) is 0 Å². The number of nitrogens with one attached hydrogen (secondary N) is 1. The number of hydrogen-bond donors (Lipinski definition) is 1. The van der Waals surface area contributed by atoms with Crippen LogP contribution in [-0.4, -0.2) is 12.6 Å². The quantitative estimate of drug-likeness (QED) is 0.792. The molecular weight excluding hydrogens is 174 g/mol. The predicted octanol–water partition coefficient (Wildman–Crippen LogP) is 2.51. The Hall–Kier alpha value is -1.02. The third kappa shape index (κ3) is 1.90. The van der Waals surface area contributed by atoms with E-state index < -0.39 is 0 Å². The van der Waals surface area contributed by atoms with Crippen LogP contribution in [0.2, 0.25) is 0 Å². The lowest BCUT2D eigenvalue weighted by Crippen LogP contribution is -2.35. The lowest BCUT2D eigenvalue weighted by atomic mass is 9.97. The van der Waals surface area contributed by atoms with E-state index in [1.807, 2.05) is 6.07 Å². The molecule has 1 unspecified atom stereocenters. The van der Waals surface area contributed by atoms with E-state index in [1.165, 1.54) is 12.0 Å². The Morgan fingerprint density at radius 1 is 1.36 bits per heavy atom. The molecule has 1 heterocycles. The molecule has 1 saturated heterocycles. The zero-order valence-electron chi connectivity index (χ0n) is 8.79. The van der Waals surface area contributed by atoms with Crippen molar-refractivity contribution >= 4 is 0 Å². The van der Waals surface area contributed by atoms with Crippen LogP contribution >= 0.6 is 0 Å². The molecule has 0 radical (unpaired) electrons. The number of benzene rings is 1. The topological polar surface area (TPSA) is 21.3 Å². The second-order valence-corrected chi connectivity index (χ2v) is 4.00. The van der Waals surface area contributed by atoms with Crippen molar-refractivity contribution in [3.05, 3.63) is 29.8 Å². The molecule has 1 aliphatic rings.